The summed E-state index contributed by atoms with van der Waals surface area (Å²) in [6.45, 7) is 0.392. The number of rotatable bonds is 13. The number of phenolic OH excluding ortho intramolecular Hbond substituents is 1. The van der Waals surface area contributed by atoms with Crippen LogP contribution in [0.25, 0.3) is 22.3 Å². The molecule has 6 rings (SSSR count). The van der Waals surface area contributed by atoms with Gasteiger partial charge in [0.2, 0.25) is 11.2 Å². The summed E-state index contributed by atoms with van der Waals surface area (Å²) >= 11 is 0. The molecule has 0 aliphatic rings. The normalized spacial score (nSPS) is 11.3. The molecule has 244 valence electrons. The summed E-state index contributed by atoms with van der Waals surface area (Å²) in [6.07, 6.45) is -0.910. The minimum Gasteiger partial charge on any atom is -0.507 e. The molecule has 0 bridgehead atoms. The number of phenols is 1. The van der Waals surface area contributed by atoms with E-state index in [4.69, 9.17) is 23.4 Å². The Morgan fingerprint density at radius 3 is 1.77 bits per heavy atom. The van der Waals surface area contributed by atoms with Gasteiger partial charge in [-0.2, -0.15) is 0 Å². The van der Waals surface area contributed by atoms with Gasteiger partial charge in [-0.25, -0.2) is 0 Å². The first-order valence-electron chi connectivity index (χ1n) is 14.9. The van der Waals surface area contributed by atoms with E-state index in [1.165, 1.54) is 18.2 Å². The van der Waals surface area contributed by atoms with E-state index in [0.717, 1.165) is 16.7 Å². The highest BCUT2D eigenvalue weighted by atomic mass is 31.2. The lowest BCUT2D eigenvalue weighted by Crippen LogP contribution is -2.11. The first kappa shape index (κ1) is 32.4. The molecular formula is C37H31O10P. The average Bonchev–Trinajstić information content (AvgIpc) is 3.09. The van der Waals surface area contributed by atoms with E-state index < -0.39 is 19.4 Å². The topological polar surface area (TPSA) is 145 Å². The second-order valence-corrected chi connectivity index (χ2v) is 12.4. The van der Waals surface area contributed by atoms with E-state index in [0.29, 0.717) is 5.56 Å². The molecule has 0 aliphatic heterocycles. The number of fused-ring (bicyclic) bond motifs is 1. The van der Waals surface area contributed by atoms with Gasteiger partial charge in [0.1, 0.15) is 42.3 Å². The summed E-state index contributed by atoms with van der Waals surface area (Å²) in [5.41, 5.74) is 2.25. The van der Waals surface area contributed by atoms with E-state index in [9.17, 15) is 24.3 Å². The summed E-state index contributed by atoms with van der Waals surface area (Å²) in [6, 6.07) is 35.5. The molecule has 0 amide bonds. The molecule has 48 heavy (non-hydrogen) atoms. The van der Waals surface area contributed by atoms with Crippen molar-refractivity contribution < 1.29 is 42.8 Å². The number of ether oxygens (including phenoxy) is 4. The van der Waals surface area contributed by atoms with Crippen LogP contribution in [0.1, 0.15) is 16.7 Å². The molecule has 0 saturated carbocycles. The fraction of sp³-hybridized carbons (Fsp3) is 0.108. The largest absolute Gasteiger partial charge is 0.507 e. The van der Waals surface area contributed by atoms with Crippen molar-refractivity contribution >= 4 is 18.6 Å². The second-order valence-electron chi connectivity index (χ2n) is 10.8. The summed E-state index contributed by atoms with van der Waals surface area (Å²) in [4.78, 5) is 33.1. The minimum atomic E-state index is -4.57. The summed E-state index contributed by atoms with van der Waals surface area (Å²) < 4.78 is 41.5. The van der Waals surface area contributed by atoms with E-state index in [2.05, 4.69) is 0 Å². The quantitative estimate of drug-likeness (QED) is 0.107. The smallest absolute Gasteiger partial charge is 0.362 e. The molecule has 0 atom stereocenters. The van der Waals surface area contributed by atoms with Crippen LogP contribution in [-0.4, -0.2) is 21.2 Å². The zero-order valence-electron chi connectivity index (χ0n) is 25.5. The van der Waals surface area contributed by atoms with Gasteiger partial charge in [-0.05, 0) is 34.9 Å². The van der Waals surface area contributed by atoms with Crippen LogP contribution in [0.5, 0.6) is 28.7 Å². The fourth-order valence-electron chi connectivity index (χ4n) is 4.90. The van der Waals surface area contributed by atoms with Crippen molar-refractivity contribution in [2.24, 2.45) is 0 Å². The molecule has 5 aromatic carbocycles. The predicted octanol–water partition coefficient (Wildman–Crippen LogP) is 7.42. The maximum atomic E-state index is 14.0. The number of hydrogen-bond acceptors (Lipinski definition) is 8. The van der Waals surface area contributed by atoms with Crippen LogP contribution in [0.3, 0.4) is 0 Å². The Bertz CT molecular complexity index is 2110. The van der Waals surface area contributed by atoms with Gasteiger partial charge in [0.15, 0.2) is 23.6 Å². The van der Waals surface area contributed by atoms with Crippen molar-refractivity contribution in [3.63, 3.8) is 0 Å². The lowest BCUT2D eigenvalue weighted by atomic mass is 10.1. The lowest BCUT2D eigenvalue weighted by molar-refractivity contribution is 0.264. The maximum absolute atomic E-state index is 14.0. The first-order valence-corrected chi connectivity index (χ1v) is 16.7. The van der Waals surface area contributed by atoms with Gasteiger partial charge in [0, 0.05) is 17.7 Å². The van der Waals surface area contributed by atoms with E-state index in [1.54, 1.807) is 12.1 Å². The highest BCUT2D eigenvalue weighted by Crippen LogP contribution is 2.42. The Morgan fingerprint density at radius 2 is 1.19 bits per heavy atom. The SMILES string of the molecule is O=c1c(OCc2ccccc2)c(-c2ccc(OCc3ccccc3)c(OCP(=O)(O)O)c2)oc2cc(OCc3ccccc3)cc(O)c12. The Kier molecular flexibility index (Phi) is 9.78. The third-order valence-electron chi connectivity index (χ3n) is 7.21. The van der Waals surface area contributed by atoms with Gasteiger partial charge in [0.05, 0.1) is 0 Å². The second kappa shape index (κ2) is 14.5. The predicted molar refractivity (Wildman–Crippen MR) is 179 cm³/mol. The molecule has 6 aromatic rings. The molecule has 1 aromatic heterocycles. The standard InChI is InChI=1S/C37H31O10P/c38-30-19-29(43-21-25-10-4-1-5-11-25)20-33-34(30)35(39)37(45-23-27-14-8-3-9-15-27)36(47-33)28-16-17-31(32(18-28)46-24-48(40,41)42)44-22-26-12-6-2-7-13-26/h1-20,38H,21-24H2,(H2,40,41,42). The van der Waals surface area contributed by atoms with Crippen LogP contribution in [0.4, 0.5) is 0 Å². The van der Waals surface area contributed by atoms with Crippen LogP contribution in [0.15, 0.2) is 131 Å². The maximum Gasteiger partial charge on any atom is 0.362 e. The highest BCUT2D eigenvalue weighted by molar-refractivity contribution is 7.51. The molecule has 11 heteroatoms. The van der Waals surface area contributed by atoms with Crippen molar-refractivity contribution in [1.82, 2.24) is 0 Å². The van der Waals surface area contributed by atoms with Crippen LogP contribution >= 0.6 is 7.60 Å². The van der Waals surface area contributed by atoms with Crippen molar-refractivity contribution in [3.8, 4) is 40.1 Å². The van der Waals surface area contributed by atoms with E-state index >= 15 is 0 Å². The molecular weight excluding hydrogens is 635 g/mol. The van der Waals surface area contributed by atoms with Gasteiger partial charge in [-0.1, -0.05) is 91.0 Å². The number of aromatic hydroxyl groups is 1. The third-order valence-corrected chi connectivity index (χ3v) is 7.68. The van der Waals surface area contributed by atoms with Gasteiger partial charge in [-0.15, -0.1) is 0 Å². The summed E-state index contributed by atoms with van der Waals surface area (Å²) in [5.74, 6) is -0.0503. The minimum absolute atomic E-state index is 0.00122. The Hall–Kier alpha value is -5.54. The van der Waals surface area contributed by atoms with Gasteiger partial charge in [-0.3, -0.25) is 9.36 Å². The van der Waals surface area contributed by atoms with Crippen molar-refractivity contribution in [3.05, 3.63) is 148 Å². The van der Waals surface area contributed by atoms with Crippen molar-refractivity contribution in [1.29, 1.82) is 0 Å². The van der Waals surface area contributed by atoms with Crippen LogP contribution < -0.4 is 24.4 Å². The molecule has 0 saturated heterocycles. The molecule has 10 nitrogen and oxygen atoms in total. The Labute approximate surface area is 275 Å². The fourth-order valence-corrected chi connectivity index (χ4v) is 5.21. The molecule has 0 aliphatic carbocycles. The van der Waals surface area contributed by atoms with Gasteiger partial charge >= 0.3 is 7.60 Å². The van der Waals surface area contributed by atoms with Crippen molar-refractivity contribution in [2.45, 2.75) is 19.8 Å². The highest BCUT2D eigenvalue weighted by Gasteiger charge is 2.23. The van der Waals surface area contributed by atoms with Crippen LogP contribution in [0, 0.1) is 0 Å². The Morgan fingerprint density at radius 1 is 0.625 bits per heavy atom. The molecule has 0 fully saturated rings. The first-order chi connectivity index (χ1) is 23.2. The zero-order valence-corrected chi connectivity index (χ0v) is 26.4. The lowest BCUT2D eigenvalue weighted by Gasteiger charge is -2.17. The molecule has 1 heterocycles. The summed E-state index contributed by atoms with van der Waals surface area (Å²) in [7, 11) is -4.57. The average molecular weight is 667 g/mol. The Balaban J connectivity index is 1.43. The monoisotopic (exact) mass is 666 g/mol. The zero-order chi connectivity index (χ0) is 33.5. The van der Waals surface area contributed by atoms with Gasteiger partial charge < -0.3 is 38.3 Å². The third kappa shape index (κ3) is 8.05. The molecule has 0 radical (unpaired) electrons. The van der Waals surface area contributed by atoms with Crippen LogP contribution in [-0.2, 0) is 24.4 Å². The van der Waals surface area contributed by atoms with Crippen molar-refractivity contribution in [2.75, 3.05) is 6.35 Å². The molecule has 0 unspecified atom stereocenters. The van der Waals surface area contributed by atoms with Gasteiger partial charge in [0.25, 0.3) is 0 Å². The summed E-state index contributed by atoms with van der Waals surface area (Å²) in [5, 5.41) is 10.9. The molecule has 0 spiro atoms. The molecule has 3 N–H and O–H groups in total. The van der Waals surface area contributed by atoms with Crippen LogP contribution in [0.2, 0.25) is 0 Å². The number of hydrogen-bond donors (Lipinski definition) is 3. The van der Waals surface area contributed by atoms with E-state index in [-0.39, 0.29) is 65.3 Å². The van der Waals surface area contributed by atoms with E-state index in [1.807, 2.05) is 91.0 Å². The number of benzene rings is 5.